The zero-order valence-corrected chi connectivity index (χ0v) is 57.4. The standard InChI is InChI=1S/C30H40FN3O.C24H28FN3O3.C24H37N3O/c1-29(2)20-16-17-30(3,18-20)28(29)32-27(35)25-24-11-7-10-23(19-8-5-4-6-9-19)26(24)34(33-25)22-14-12-21(31)13-15-22;1-2-31-24(30)20-14-7-8-15(13-14)21(20)26-23(29)22-18-5-3-4-6-19(18)28(27-22)17-11-9-16(25)10-12-17;1-23(2)16-13-14-24(23,3)20(15-16)25-22(28)21-18-11-7-8-12-19(18)27(26-21)17-9-5-4-6-10-17/h12-15,19-20,23,28H,4-11,16-18H2,1-3H3,(H,32,35);9-12,14-15,20-21H,2-8,13H2,1H3,(H,26,29);16-17,20H,4-15H2,1-3H3,(H,25,28). The minimum Gasteiger partial charge on any atom is -0.466 e. The van der Waals surface area contributed by atoms with Crippen LogP contribution in [0.15, 0.2) is 48.5 Å². The monoisotopic (exact) mass is 1290 g/mol. The molecule has 2 aromatic carbocycles. The van der Waals surface area contributed by atoms with Gasteiger partial charge in [-0.1, -0.05) is 80.1 Å². The topological polar surface area (TPSA) is 167 Å². The Morgan fingerprint density at radius 3 is 1.74 bits per heavy atom. The molecule has 0 aliphatic heterocycles. The van der Waals surface area contributed by atoms with Gasteiger partial charge < -0.3 is 20.7 Å². The highest BCUT2D eigenvalue weighted by molar-refractivity contribution is 5.96. The van der Waals surface area contributed by atoms with Gasteiger partial charge in [-0.15, -0.1) is 0 Å². The summed E-state index contributed by atoms with van der Waals surface area (Å²) >= 11 is 0. The predicted molar refractivity (Wildman–Crippen MR) is 360 cm³/mol. The van der Waals surface area contributed by atoms with Gasteiger partial charge in [-0.05, 0) is 261 Å². The van der Waals surface area contributed by atoms with E-state index >= 15 is 0 Å². The second-order valence-corrected chi connectivity index (χ2v) is 32.7. The van der Waals surface area contributed by atoms with Crippen molar-refractivity contribution in [1.29, 1.82) is 0 Å². The Morgan fingerprint density at radius 1 is 0.543 bits per heavy atom. The van der Waals surface area contributed by atoms with Crippen LogP contribution >= 0.6 is 0 Å². The Labute approximate surface area is 556 Å². The van der Waals surface area contributed by atoms with E-state index in [1.807, 2.05) is 11.6 Å². The van der Waals surface area contributed by atoms with Crippen LogP contribution in [0.25, 0.3) is 11.4 Å². The van der Waals surface area contributed by atoms with Gasteiger partial charge >= 0.3 is 5.97 Å². The van der Waals surface area contributed by atoms with E-state index in [9.17, 15) is 28.0 Å². The van der Waals surface area contributed by atoms with E-state index in [-0.39, 0.29) is 69.6 Å². The Kier molecular flexibility index (Phi) is 18.0. The molecule has 11 aliphatic rings. The van der Waals surface area contributed by atoms with Crippen LogP contribution in [0.3, 0.4) is 0 Å². The van der Waals surface area contributed by atoms with Gasteiger partial charge in [0.1, 0.15) is 11.6 Å². The van der Waals surface area contributed by atoms with E-state index in [1.54, 1.807) is 28.9 Å². The summed E-state index contributed by atoms with van der Waals surface area (Å²) in [4.78, 5) is 53.3. The van der Waals surface area contributed by atoms with Crippen LogP contribution in [0.4, 0.5) is 8.78 Å². The molecule has 0 radical (unpaired) electrons. The molecule has 5 aromatic rings. The second kappa shape index (κ2) is 26.0. The van der Waals surface area contributed by atoms with Crippen LogP contribution in [-0.2, 0) is 41.6 Å². The van der Waals surface area contributed by atoms with Crippen molar-refractivity contribution in [3.05, 3.63) is 111 Å². The van der Waals surface area contributed by atoms with Gasteiger partial charge in [0.05, 0.1) is 35.6 Å². The molecule has 506 valence electrons. The fourth-order valence-corrected chi connectivity index (χ4v) is 21.5. The summed E-state index contributed by atoms with van der Waals surface area (Å²) in [6.07, 6.45) is 34.7. The van der Waals surface area contributed by atoms with Gasteiger partial charge in [0, 0.05) is 52.1 Å². The Balaban J connectivity index is 0.000000123. The van der Waals surface area contributed by atoms with Crippen LogP contribution in [0, 0.1) is 68.8 Å². The van der Waals surface area contributed by atoms with Crippen LogP contribution in [-0.4, -0.2) is 77.8 Å². The number of nitrogens with zero attached hydrogens (tertiary/aromatic N) is 6. The molecule has 3 heterocycles. The number of carbonyl (C=O) groups excluding carboxylic acids is 4. The number of benzene rings is 2. The van der Waals surface area contributed by atoms with Gasteiger partial charge in [-0.3, -0.25) is 23.9 Å². The first-order valence-electron chi connectivity index (χ1n) is 37.2. The molecule has 0 saturated heterocycles. The number of aromatic nitrogens is 6. The van der Waals surface area contributed by atoms with Gasteiger partial charge in [-0.2, -0.15) is 15.3 Å². The fraction of sp³-hybridized carbons (Fsp3) is 0.679. The predicted octanol–water partition coefficient (Wildman–Crippen LogP) is 15.8. The summed E-state index contributed by atoms with van der Waals surface area (Å²) in [6, 6.07) is 13.6. The molecule has 16 heteroatoms. The number of hydrogen-bond acceptors (Lipinski definition) is 8. The highest BCUT2D eigenvalue weighted by Crippen LogP contribution is 2.66. The number of hydrogen-bond donors (Lipinski definition) is 3. The third kappa shape index (κ3) is 11.7. The number of halogens is 2. The third-order valence-electron chi connectivity index (χ3n) is 27.0. The van der Waals surface area contributed by atoms with Gasteiger partial charge in [0.15, 0.2) is 17.1 Å². The summed E-state index contributed by atoms with van der Waals surface area (Å²) in [7, 11) is 0. The van der Waals surface area contributed by atoms with Crippen molar-refractivity contribution in [2.24, 2.45) is 57.2 Å². The lowest BCUT2D eigenvalue weighted by atomic mass is 9.68. The number of esters is 1. The average molecular weight is 1290 g/mol. The number of fused-ring (bicyclic) bond motifs is 9. The molecule has 3 aromatic heterocycles. The molecule has 11 aliphatic carbocycles. The van der Waals surface area contributed by atoms with Crippen molar-refractivity contribution in [3.8, 4) is 11.4 Å². The number of ether oxygens (including phenoxy) is 1. The minimum atomic E-state index is -0.302. The summed E-state index contributed by atoms with van der Waals surface area (Å²) in [6.45, 7) is 16.4. The van der Waals surface area contributed by atoms with E-state index < -0.39 is 0 Å². The molecule has 3 amide bonds. The maximum absolute atomic E-state index is 13.9. The maximum atomic E-state index is 13.9. The molecule has 0 spiro atoms. The lowest BCUT2D eigenvalue weighted by molar-refractivity contribution is -0.150. The van der Waals surface area contributed by atoms with Gasteiger partial charge in [0.2, 0.25) is 0 Å². The fourth-order valence-electron chi connectivity index (χ4n) is 21.5. The first kappa shape index (κ1) is 65.1. The first-order chi connectivity index (χ1) is 45.3. The van der Waals surface area contributed by atoms with Crippen molar-refractivity contribution < 1.29 is 32.7 Å². The molecule has 16 rings (SSSR count). The minimum absolute atomic E-state index is 0.0155. The lowest BCUT2D eigenvalue weighted by Gasteiger charge is -2.43. The molecular formula is C78H105F2N9O5. The van der Waals surface area contributed by atoms with Crippen LogP contribution in [0.5, 0.6) is 0 Å². The van der Waals surface area contributed by atoms with Crippen LogP contribution < -0.4 is 16.0 Å². The molecule has 14 nitrogen and oxygen atoms in total. The van der Waals surface area contributed by atoms with E-state index in [2.05, 4.69) is 67.3 Å². The molecule has 8 saturated carbocycles. The van der Waals surface area contributed by atoms with E-state index in [0.717, 1.165) is 123 Å². The SMILES string of the molecule is CC1(C)C2CCC1(C)C(NC(=O)c1nn(C3CCCCC3)c3c1CCCC3)C2.CC12CCC(C1)C(C)(C)C2NC(=O)c1nn(-c2ccc(F)cc2)c2c1CCCC2C1CCCCC1.CCOC(=O)C1C2CCC(C2)C1NC(=O)c1nn(-c2ccc(F)cc2)c2c1CCCC2. The summed E-state index contributed by atoms with van der Waals surface area (Å²) in [5.74, 6) is 1.97. The second-order valence-electron chi connectivity index (χ2n) is 32.7. The molecule has 8 fully saturated rings. The highest BCUT2D eigenvalue weighted by Gasteiger charge is 2.62. The maximum Gasteiger partial charge on any atom is 0.311 e. The highest BCUT2D eigenvalue weighted by atomic mass is 19.1. The number of carbonyl (C=O) groups is 4. The quantitative estimate of drug-likeness (QED) is 0.104. The molecule has 6 bridgehead atoms. The molecule has 94 heavy (non-hydrogen) atoms. The van der Waals surface area contributed by atoms with Crippen molar-refractivity contribution in [2.45, 2.75) is 271 Å². The Bertz CT molecular complexity index is 3620. The van der Waals surface area contributed by atoms with Gasteiger partial charge in [0.25, 0.3) is 17.7 Å². The van der Waals surface area contributed by atoms with Crippen LogP contribution in [0.1, 0.15) is 286 Å². The number of amides is 3. The molecule has 3 N–H and O–H groups in total. The van der Waals surface area contributed by atoms with E-state index in [1.165, 1.54) is 150 Å². The van der Waals surface area contributed by atoms with Crippen molar-refractivity contribution in [2.75, 3.05) is 6.61 Å². The Hall–Kier alpha value is -6.19. The summed E-state index contributed by atoms with van der Waals surface area (Å²) < 4.78 is 38.5. The smallest absolute Gasteiger partial charge is 0.311 e. The summed E-state index contributed by atoms with van der Waals surface area (Å²) in [5.41, 5.74) is 11.2. The van der Waals surface area contributed by atoms with Crippen LogP contribution in [0.2, 0.25) is 0 Å². The normalized spacial score (nSPS) is 30.9. The number of nitrogens with one attached hydrogen (secondary N) is 3. The molecule has 11 atom stereocenters. The average Bonchev–Trinajstić information content (AvgIpc) is 1.57. The summed E-state index contributed by atoms with van der Waals surface area (Å²) in [5, 5.41) is 24.8. The lowest BCUT2D eigenvalue weighted by Crippen LogP contribution is -2.52. The Morgan fingerprint density at radius 2 is 1.11 bits per heavy atom. The van der Waals surface area contributed by atoms with Gasteiger partial charge in [-0.25, -0.2) is 18.1 Å². The van der Waals surface area contributed by atoms with Crippen molar-refractivity contribution in [1.82, 2.24) is 45.3 Å². The molecular weight excluding hydrogens is 1180 g/mol. The van der Waals surface area contributed by atoms with Crippen molar-refractivity contribution >= 4 is 23.7 Å². The molecule has 11 unspecified atom stereocenters. The third-order valence-corrected chi connectivity index (χ3v) is 27.0. The van der Waals surface area contributed by atoms with E-state index in [0.29, 0.717) is 65.1 Å². The largest absolute Gasteiger partial charge is 0.466 e. The first-order valence-corrected chi connectivity index (χ1v) is 37.2. The number of rotatable bonds is 12. The zero-order valence-electron chi connectivity index (χ0n) is 57.4. The van der Waals surface area contributed by atoms with Crippen molar-refractivity contribution in [3.63, 3.8) is 0 Å². The van der Waals surface area contributed by atoms with E-state index in [4.69, 9.17) is 14.9 Å². The zero-order chi connectivity index (χ0) is 65.4.